The highest BCUT2D eigenvalue weighted by atomic mass is 32.1. The summed E-state index contributed by atoms with van der Waals surface area (Å²) >= 11 is 4.02. The van der Waals surface area contributed by atoms with E-state index in [0.717, 1.165) is 12.8 Å². The third-order valence-electron chi connectivity index (χ3n) is 3.98. The van der Waals surface area contributed by atoms with Gasteiger partial charge in [-0.2, -0.15) is 12.6 Å². The largest absolute Gasteiger partial charge is 0.465 e. The predicted octanol–water partition coefficient (Wildman–Crippen LogP) is 6.50. The monoisotopic (exact) mass is 342 g/mol. The number of hydrogen-bond acceptors (Lipinski definition) is 3. The van der Waals surface area contributed by atoms with Crippen molar-refractivity contribution in [1.82, 2.24) is 0 Å². The average Bonchev–Trinajstić information content (AvgIpc) is 2.56. The first-order chi connectivity index (χ1) is 11.3. The molecule has 0 aromatic carbocycles. The van der Waals surface area contributed by atoms with Gasteiger partial charge in [-0.1, -0.05) is 76.9 Å². The van der Waals surface area contributed by atoms with E-state index < -0.39 is 0 Å². The van der Waals surface area contributed by atoms with E-state index in [9.17, 15) is 4.79 Å². The number of esters is 1. The summed E-state index contributed by atoms with van der Waals surface area (Å²) in [5, 5.41) is 0. The third kappa shape index (κ3) is 19.5. The molecule has 0 saturated heterocycles. The molecule has 0 fully saturated rings. The van der Waals surface area contributed by atoms with Crippen LogP contribution in [-0.4, -0.2) is 18.3 Å². The number of carbonyl (C=O) groups is 1. The summed E-state index contributed by atoms with van der Waals surface area (Å²) in [7, 11) is 0. The number of allylic oxidation sites excluding steroid dienone is 2. The van der Waals surface area contributed by atoms with Gasteiger partial charge >= 0.3 is 5.97 Å². The van der Waals surface area contributed by atoms with Gasteiger partial charge in [-0.05, 0) is 25.7 Å². The maximum atomic E-state index is 11.3. The Hall–Kier alpha value is -0.440. The molecule has 0 heterocycles. The van der Waals surface area contributed by atoms with Crippen molar-refractivity contribution in [3.05, 3.63) is 12.2 Å². The first-order valence-electron chi connectivity index (χ1n) is 9.72. The van der Waals surface area contributed by atoms with Crippen molar-refractivity contribution in [3.63, 3.8) is 0 Å². The fourth-order valence-electron chi connectivity index (χ4n) is 2.58. The van der Waals surface area contributed by atoms with Crippen LogP contribution in [0.15, 0.2) is 12.2 Å². The van der Waals surface area contributed by atoms with Crippen LogP contribution in [0.1, 0.15) is 96.8 Å². The summed E-state index contributed by atoms with van der Waals surface area (Å²) in [4.78, 5) is 11.3. The van der Waals surface area contributed by atoms with Crippen molar-refractivity contribution in [2.45, 2.75) is 96.8 Å². The van der Waals surface area contributed by atoms with Gasteiger partial charge in [0.2, 0.25) is 0 Å². The molecule has 0 N–H and O–H groups in total. The lowest BCUT2D eigenvalue weighted by molar-refractivity contribution is -0.143. The second-order valence-corrected chi connectivity index (χ2v) is 6.73. The fraction of sp³-hybridized carbons (Fsp3) is 0.850. The number of hydrogen-bond donors (Lipinski definition) is 1. The molecule has 3 heteroatoms. The fourth-order valence-corrected chi connectivity index (χ4v) is 2.67. The molecular formula is C20H38O2S. The molecule has 23 heavy (non-hydrogen) atoms. The van der Waals surface area contributed by atoms with Gasteiger partial charge in [-0.25, -0.2) is 0 Å². The summed E-state index contributed by atoms with van der Waals surface area (Å²) in [6, 6.07) is 0. The number of rotatable bonds is 17. The molecule has 0 aromatic heterocycles. The Labute approximate surface area is 149 Å². The topological polar surface area (TPSA) is 26.3 Å². The minimum atomic E-state index is -0.0661. The predicted molar refractivity (Wildman–Crippen MR) is 104 cm³/mol. The molecule has 0 aliphatic carbocycles. The smallest absolute Gasteiger partial charge is 0.305 e. The molecule has 0 atom stereocenters. The second kappa shape index (κ2) is 19.6. The van der Waals surface area contributed by atoms with Crippen LogP contribution in [0.4, 0.5) is 0 Å². The maximum absolute atomic E-state index is 11.3. The summed E-state index contributed by atoms with van der Waals surface area (Å²) in [6.45, 7) is 2.67. The quantitative estimate of drug-likeness (QED) is 0.141. The lowest BCUT2D eigenvalue weighted by Crippen LogP contribution is -2.06. The normalized spacial score (nSPS) is 11.2. The van der Waals surface area contributed by atoms with E-state index in [1.165, 1.54) is 70.6 Å². The van der Waals surface area contributed by atoms with Gasteiger partial charge < -0.3 is 4.74 Å². The number of carbonyl (C=O) groups excluding carboxylic acids is 1. The minimum Gasteiger partial charge on any atom is -0.465 e. The molecule has 0 rings (SSSR count). The molecule has 2 nitrogen and oxygen atoms in total. The Bertz CT molecular complexity index is 277. The van der Waals surface area contributed by atoms with Crippen LogP contribution in [-0.2, 0) is 9.53 Å². The number of ether oxygens (including phenoxy) is 1. The Balaban J connectivity index is 3.09. The van der Waals surface area contributed by atoms with Crippen molar-refractivity contribution in [1.29, 1.82) is 0 Å². The van der Waals surface area contributed by atoms with Gasteiger partial charge in [0.25, 0.3) is 0 Å². The number of unbranched alkanes of at least 4 members (excludes halogenated alkanes) is 11. The summed E-state index contributed by atoms with van der Waals surface area (Å²) < 4.78 is 4.99. The molecule has 0 aliphatic rings. The van der Waals surface area contributed by atoms with Crippen LogP contribution in [0, 0.1) is 0 Å². The highest BCUT2D eigenvalue weighted by Gasteiger charge is 2.01. The first-order valence-corrected chi connectivity index (χ1v) is 10.4. The Morgan fingerprint density at radius 1 is 0.826 bits per heavy atom. The molecule has 0 amide bonds. The van der Waals surface area contributed by atoms with Gasteiger partial charge in [0.1, 0.15) is 6.61 Å². The molecule has 0 bridgehead atoms. The highest BCUT2D eigenvalue weighted by Crippen LogP contribution is 2.12. The molecule has 0 radical (unpaired) electrons. The molecule has 136 valence electrons. The standard InChI is InChI=1S/C20H38O2S/c1-2-3-4-5-6-7-8-9-10-11-12-13-14-15-16-17-20(21)22-18-19-23/h4-5,23H,2-3,6-19H2,1H3/b5-4+. The first kappa shape index (κ1) is 22.6. The van der Waals surface area contributed by atoms with E-state index in [2.05, 4.69) is 31.7 Å². The molecule has 0 aromatic rings. The lowest BCUT2D eigenvalue weighted by Gasteiger charge is -2.03. The molecule has 0 unspecified atom stereocenters. The van der Waals surface area contributed by atoms with E-state index in [1.54, 1.807) is 0 Å². The molecule has 0 spiro atoms. The molecule has 0 saturated carbocycles. The summed E-state index contributed by atoms with van der Waals surface area (Å²) in [6.07, 6.45) is 21.9. The van der Waals surface area contributed by atoms with Crippen LogP contribution >= 0.6 is 12.6 Å². The average molecular weight is 343 g/mol. The van der Waals surface area contributed by atoms with Gasteiger partial charge in [-0.15, -0.1) is 0 Å². The van der Waals surface area contributed by atoms with Gasteiger partial charge in [0.15, 0.2) is 0 Å². The Kier molecular flexibility index (Phi) is 19.2. The van der Waals surface area contributed by atoms with E-state index in [1.807, 2.05) is 0 Å². The number of thiol groups is 1. The van der Waals surface area contributed by atoms with Crippen molar-refractivity contribution in [2.75, 3.05) is 12.4 Å². The second-order valence-electron chi connectivity index (χ2n) is 6.28. The zero-order valence-electron chi connectivity index (χ0n) is 15.2. The lowest BCUT2D eigenvalue weighted by atomic mass is 10.0. The Morgan fingerprint density at radius 2 is 1.35 bits per heavy atom. The van der Waals surface area contributed by atoms with Crippen molar-refractivity contribution in [2.24, 2.45) is 0 Å². The van der Waals surface area contributed by atoms with Crippen LogP contribution in [0.3, 0.4) is 0 Å². The van der Waals surface area contributed by atoms with E-state index in [-0.39, 0.29) is 5.97 Å². The Morgan fingerprint density at radius 3 is 1.91 bits per heavy atom. The maximum Gasteiger partial charge on any atom is 0.305 e. The van der Waals surface area contributed by atoms with Crippen molar-refractivity contribution in [3.8, 4) is 0 Å². The van der Waals surface area contributed by atoms with Gasteiger partial charge in [0, 0.05) is 12.2 Å². The van der Waals surface area contributed by atoms with Gasteiger partial charge in [-0.3, -0.25) is 4.79 Å². The summed E-state index contributed by atoms with van der Waals surface area (Å²) in [5.41, 5.74) is 0. The van der Waals surface area contributed by atoms with E-state index in [0.29, 0.717) is 18.8 Å². The van der Waals surface area contributed by atoms with Crippen LogP contribution in [0.5, 0.6) is 0 Å². The van der Waals surface area contributed by atoms with E-state index in [4.69, 9.17) is 4.74 Å². The van der Waals surface area contributed by atoms with Crippen molar-refractivity contribution < 1.29 is 9.53 Å². The van der Waals surface area contributed by atoms with Crippen LogP contribution in [0.2, 0.25) is 0 Å². The van der Waals surface area contributed by atoms with E-state index >= 15 is 0 Å². The van der Waals surface area contributed by atoms with Crippen LogP contribution in [0.25, 0.3) is 0 Å². The minimum absolute atomic E-state index is 0.0661. The van der Waals surface area contributed by atoms with Crippen molar-refractivity contribution >= 4 is 18.6 Å². The zero-order valence-corrected chi connectivity index (χ0v) is 16.1. The molecular weight excluding hydrogens is 304 g/mol. The highest BCUT2D eigenvalue weighted by molar-refractivity contribution is 7.80. The van der Waals surface area contributed by atoms with Gasteiger partial charge in [0.05, 0.1) is 0 Å². The SMILES string of the molecule is CCC/C=C/CCCCCCCCCCCCC(=O)OCCS. The van der Waals surface area contributed by atoms with Crippen LogP contribution < -0.4 is 0 Å². The summed E-state index contributed by atoms with van der Waals surface area (Å²) in [5.74, 6) is 0.546. The molecule has 0 aliphatic heterocycles. The third-order valence-corrected chi connectivity index (χ3v) is 4.16. The zero-order chi connectivity index (χ0) is 17.0.